The van der Waals surface area contributed by atoms with Gasteiger partial charge in [0.05, 0.1) is 19.0 Å². The number of aliphatic imine (C=N–C) groups is 1. The lowest BCUT2D eigenvalue weighted by Gasteiger charge is -2.25. The molecule has 0 heterocycles. The number of carbonyl (C=O) groups is 12. The van der Waals surface area contributed by atoms with E-state index in [1.54, 1.807) is 30.3 Å². The van der Waals surface area contributed by atoms with Gasteiger partial charge < -0.3 is 80.2 Å². The SMILES string of the molecule is C[C@H](N)C(=O)N[C@@H](C)C(=O)N[C@@H](CCC(=O)O)C(=O)N[C@@H](CCCN=C(N)N)C(=O)NCC(=O)N[C@@H](C)C(=O)N[C@@H](Cc1ccccc1)C(=O)N[C@@H](CCC(=O)O)C(=O)N[C@@H](CC(=O)O)C(=O)O. The van der Waals surface area contributed by atoms with E-state index in [-0.39, 0.29) is 31.8 Å². The Morgan fingerprint density at radius 2 is 1.00 bits per heavy atom. The van der Waals surface area contributed by atoms with E-state index in [2.05, 4.69) is 42.2 Å². The molecule has 8 atom stereocenters. The molecule has 0 saturated carbocycles. The normalized spacial score (nSPS) is 14.2. The zero-order valence-corrected chi connectivity index (χ0v) is 37.4. The minimum absolute atomic E-state index is 0.0114. The Morgan fingerprint density at radius 3 is 1.47 bits per heavy atom. The summed E-state index contributed by atoms with van der Waals surface area (Å²) in [5.74, 6) is -14.0. The van der Waals surface area contributed by atoms with Crippen molar-refractivity contribution in [3.8, 4) is 0 Å². The number of nitrogens with two attached hydrogens (primary N) is 3. The summed E-state index contributed by atoms with van der Waals surface area (Å²) < 4.78 is 0. The van der Waals surface area contributed by atoms with Gasteiger partial charge in [-0.25, -0.2) is 4.79 Å². The monoisotopic (exact) mass is 964 g/mol. The molecule has 0 fully saturated rings. The molecule has 0 spiro atoms. The van der Waals surface area contributed by atoms with E-state index in [1.165, 1.54) is 20.8 Å². The van der Waals surface area contributed by atoms with E-state index in [0.29, 0.717) is 5.56 Å². The van der Waals surface area contributed by atoms with Crippen LogP contribution in [0.5, 0.6) is 0 Å². The van der Waals surface area contributed by atoms with Gasteiger partial charge in [-0.3, -0.25) is 57.7 Å². The molecule has 376 valence electrons. The summed E-state index contributed by atoms with van der Waals surface area (Å²) in [6, 6.07) is -3.68. The van der Waals surface area contributed by atoms with Crippen LogP contribution >= 0.6 is 0 Å². The number of rotatable bonds is 31. The van der Waals surface area contributed by atoms with E-state index in [1.807, 2.05) is 5.32 Å². The summed E-state index contributed by atoms with van der Waals surface area (Å²) in [6.07, 6.45) is -3.65. The molecule has 68 heavy (non-hydrogen) atoms. The van der Waals surface area contributed by atoms with Crippen LogP contribution in [-0.4, -0.2) is 159 Å². The number of nitrogens with zero attached hydrogens (tertiary/aromatic N) is 1. The second kappa shape index (κ2) is 29.6. The molecule has 0 aromatic heterocycles. The molecular formula is C40H60N12O16. The van der Waals surface area contributed by atoms with E-state index >= 15 is 0 Å². The highest BCUT2D eigenvalue weighted by Crippen LogP contribution is 2.08. The van der Waals surface area contributed by atoms with Crippen LogP contribution in [0, 0.1) is 0 Å². The van der Waals surface area contributed by atoms with Gasteiger partial charge in [0.15, 0.2) is 5.96 Å². The van der Waals surface area contributed by atoms with Crippen molar-refractivity contribution < 1.29 is 78.0 Å². The summed E-state index contributed by atoms with van der Waals surface area (Å²) in [7, 11) is 0. The maximum atomic E-state index is 13.7. The molecule has 8 amide bonds. The zero-order valence-electron chi connectivity index (χ0n) is 37.4. The predicted molar refractivity (Wildman–Crippen MR) is 235 cm³/mol. The minimum atomic E-state index is -1.95. The quantitative estimate of drug-likeness (QED) is 0.0187. The number of guanidine groups is 1. The Kier molecular flexibility index (Phi) is 25.3. The molecule has 0 saturated heterocycles. The lowest BCUT2D eigenvalue weighted by Crippen LogP contribution is -2.58. The first-order valence-corrected chi connectivity index (χ1v) is 20.9. The molecule has 0 radical (unpaired) electrons. The van der Waals surface area contributed by atoms with Crippen molar-refractivity contribution in [2.45, 2.75) is 120 Å². The topological polar surface area (TPSA) is 472 Å². The van der Waals surface area contributed by atoms with Crippen molar-refractivity contribution in [3.05, 3.63) is 35.9 Å². The third kappa shape index (κ3) is 23.3. The Morgan fingerprint density at radius 1 is 0.544 bits per heavy atom. The van der Waals surface area contributed by atoms with Gasteiger partial charge in [-0.2, -0.15) is 0 Å². The highest BCUT2D eigenvalue weighted by atomic mass is 16.4. The first-order valence-electron chi connectivity index (χ1n) is 20.9. The van der Waals surface area contributed by atoms with Crippen LogP contribution in [-0.2, 0) is 64.0 Å². The number of hydrogen-bond donors (Lipinski definition) is 15. The average Bonchev–Trinajstić information content (AvgIpc) is 3.25. The van der Waals surface area contributed by atoms with Crippen LogP contribution in [0.3, 0.4) is 0 Å². The third-order valence-corrected chi connectivity index (χ3v) is 9.41. The first-order chi connectivity index (χ1) is 31.8. The maximum Gasteiger partial charge on any atom is 0.326 e. The molecular weight excluding hydrogens is 905 g/mol. The first kappa shape index (κ1) is 58.1. The van der Waals surface area contributed by atoms with E-state index in [0.717, 1.165) is 0 Å². The smallest absolute Gasteiger partial charge is 0.326 e. The molecule has 0 aliphatic heterocycles. The van der Waals surface area contributed by atoms with Crippen molar-refractivity contribution in [2.24, 2.45) is 22.2 Å². The van der Waals surface area contributed by atoms with Gasteiger partial charge >= 0.3 is 23.9 Å². The highest BCUT2D eigenvalue weighted by molar-refractivity contribution is 5.97. The lowest BCUT2D eigenvalue weighted by atomic mass is 10.0. The second-order valence-corrected chi connectivity index (χ2v) is 15.3. The number of aliphatic carboxylic acids is 4. The van der Waals surface area contributed by atoms with Crippen LogP contribution in [0.1, 0.15) is 71.3 Å². The Hall–Kier alpha value is -7.91. The number of carbonyl (C=O) groups excluding carboxylic acids is 8. The predicted octanol–water partition coefficient (Wildman–Crippen LogP) is -5.53. The van der Waals surface area contributed by atoms with Gasteiger partial charge in [0.25, 0.3) is 0 Å². The summed E-state index contributed by atoms with van der Waals surface area (Å²) >= 11 is 0. The molecule has 28 heteroatoms. The van der Waals surface area contributed by atoms with Gasteiger partial charge in [0.2, 0.25) is 47.3 Å². The number of hydrogen-bond acceptors (Lipinski definition) is 14. The molecule has 28 nitrogen and oxygen atoms in total. The van der Waals surface area contributed by atoms with E-state index in [4.69, 9.17) is 22.3 Å². The van der Waals surface area contributed by atoms with Crippen molar-refractivity contribution in [1.82, 2.24) is 42.5 Å². The Labute approximate surface area is 388 Å². The Balaban J connectivity index is 3.22. The van der Waals surface area contributed by atoms with Crippen LogP contribution < -0.4 is 59.7 Å². The number of nitrogens with one attached hydrogen (secondary N) is 8. The number of amides is 8. The van der Waals surface area contributed by atoms with Gasteiger partial charge in [0, 0.05) is 25.8 Å². The van der Waals surface area contributed by atoms with Gasteiger partial charge in [-0.1, -0.05) is 30.3 Å². The summed E-state index contributed by atoms with van der Waals surface area (Å²) in [4.78, 5) is 154. The standard InChI is InChI=1S/C40H60N12O16/c1-19(41)32(60)47-21(3)34(62)48-24(11-13-29(54)55)36(64)49-23(10-7-15-44-40(42)43)35(63)45-18-28(53)46-20(2)33(61)51-26(16-22-8-5-4-6-9-22)38(66)50-25(12-14-30(56)57)37(65)52-27(39(67)68)17-31(58)59/h4-6,8-9,19-21,23-27H,7,10-18,41H2,1-3H3,(H,45,63)(H,46,53)(H,47,60)(H,48,62)(H,49,64)(H,50,66)(H,51,61)(H,52,65)(H,54,55)(H,56,57)(H,58,59)(H,67,68)(H4,42,43,44)/t19-,20-,21-,23-,24-,25-,26-,27-/m0/s1. The molecule has 0 aliphatic rings. The van der Waals surface area contributed by atoms with E-state index in [9.17, 15) is 72.9 Å². The minimum Gasteiger partial charge on any atom is -0.481 e. The fraction of sp³-hybridized carbons (Fsp3) is 0.525. The zero-order chi connectivity index (χ0) is 51.7. The van der Waals surface area contributed by atoms with Crippen molar-refractivity contribution >= 4 is 77.1 Å². The average molecular weight is 965 g/mol. The van der Waals surface area contributed by atoms with Gasteiger partial charge in [-0.05, 0) is 52.0 Å². The summed E-state index contributed by atoms with van der Waals surface area (Å²) in [5.41, 5.74) is 16.7. The number of carboxylic acid groups (broad SMARTS) is 4. The van der Waals surface area contributed by atoms with Crippen LogP contribution in [0.15, 0.2) is 35.3 Å². The highest BCUT2D eigenvalue weighted by Gasteiger charge is 2.33. The van der Waals surface area contributed by atoms with Gasteiger partial charge in [-0.15, -0.1) is 0 Å². The van der Waals surface area contributed by atoms with E-state index < -0.39 is 158 Å². The fourth-order valence-corrected chi connectivity index (χ4v) is 5.75. The molecule has 0 unspecified atom stereocenters. The summed E-state index contributed by atoms with van der Waals surface area (Å²) in [6.45, 7) is 3.07. The number of carboxylic acids is 4. The molecule has 0 aliphatic carbocycles. The van der Waals surface area contributed by atoms with Gasteiger partial charge in [0.1, 0.15) is 42.3 Å². The molecule has 1 aromatic rings. The van der Waals surface area contributed by atoms with Crippen molar-refractivity contribution in [2.75, 3.05) is 13.1 Å². The number of benzene rings is 1. The lowest BCUT2D eigenvalue weighted by molar-refractivity contribution is -0.147. The largest absolute Gasteiger partial charge is 0.481 e. The Bertz CT molecular complexity index is 2010. The summed E-state index contributed by atoms with van der Waals surface area (Å²) in [5, 5.41) is 55.3. The molecule has 0 bridgehead atoms. The van der Waals surface area contributed by atoms with Crippen LogP contribution in [0.2, 0.25) is 0 Å². The maximum absolute atomic E-state index is 13.7. The van der Waals surface area contributed by atoms with Crippen molar-refractivity contribution in [3.63, 3.8) is 0 Å². The second-order valence-electron chi connectivity index (χ2n) is 15.3. The van der Waals surface area contributed by atoms with Crippen LogP contribution in [0.4, 0.5) is 0 Å². The molecule has 1 rings (SSSR count). The molecule has 18 N–H and O–H groups in total. The van der Waals surface area contributed by atoms with Crippen LogP contribution in [0.25, 0.3) is 0 Å². The molecule has 1 aromatic carbocycles. The third-order valence-electron chi connectivity index (χ3n) is 9.41. The van der Waals surface area contributed by atoms with Crippen molar-refractivity contribution in [1.29, 1.82) is 0 Å². The fourth-order valence-electron chi connectivity index (χ4n) is 5.75.